The molecule has 0 aromatic rings. The van der Waals surface area contributed by atoms with E-state index < -0.39 is 12.0 Å². The number of carbonyl (C=O) groups excluding carboxylic acids is 1. The van der Waals surface area contributed by atoms with E-state index in [1.54, 1.807) is 6.92 Å². The summed E-state index contributed by atoms with van der Waals surface area (Å²) in [5, 5.41) is 0. The Bertz CT molecular complexity index is 314. The lowest BCUT2D eigenvalue weighted by molar-refractivity contribution is -0.143. The third kappa shape index (κ3) is 7.76. The number of methoxy groups -OCH3 is 2. The Morgan fingerprint density at radius 3 is 2.15 bits per heavy atom. The number of carbonyl (C=O) groups is 1. The van der Waals surface area contributed by atoms with E-state index in [1.807, 2.05) is 13.8 Å². The highest BCUT2D eigenvalue weighted by molar-refractivity contribution is 6.06. The number of hydrogen-bond donors (Lipinski definition) is 0. The van der Waals surface area contributed by atoms with Crippen molar-refractivity contribution in [2.75, 3.05) is 27.4 Å². The fourth-order valence-electron chi connectivity index (χ4n) is 1.14. The quantitative estimate of drug-likeness (QED) is 0.732. The van der Waals surface area contributed by atoms with Gasteiger partial charge in [-0.05, 0) is 6.92 Å². The van der Waals surface area contributed by atoms with Crippen LogP contribution in [-0.2, 0) is 19.0 Å². The summed E-state index contributed by atoms with van der Waals surface area (Å²) in [5.74, 6) is 0.176. The van der Waals surface area contributed by atoms with Crippen molar-refractivity contribution in [3.8, 4) is 0 Å². The Labute approximate surface area is 122 Å². The molecule has 0 N–H and O–H groups in total. The minimum atomic E-state index is -0.835. The summed E-state index contributed by atoms with van der Waals surface area (Å²) in [6, 6.07) is -0.835. The predicted molar refractivity (Wildman–Crippen MR) is 81.5 cm³/mol. The average molecular weight is 288 g/mol. The van der Waals surface area contributed by atoms with Crippen molar-refractivity contribution in [3.05, 3.63) is 0 Å². The Hall–Kier alpha value is -1.59. The van der Waals surface area contributed by atoms with Crippen molar-refractivity contribution in [1.82, 2.24) is 0 Å². The first-order valence-corrected chi connectivity index (χ1v) is 7.00. The van der Waals surface area contributed by atoms with Crippen LogP contribution in [0.2, 0.25) is 0 Å². The highest BCUT2D eigenvalue weighted by Crippen LogP contribution is 2.07. The molecule has 0 bridgehead atoms. The largest absolute Gasteiger partial charge is 0.483 e. The van der Waals surface area contributed by atoms with Crippen LogP contribution < -0.4 is 0 Å². The molecule has 20 heavy (non-hydrogen) atoms. The second-order valence-electron chi connectivity index (χ2n) is 3.45. The molecule has 0 radical (unpaired) electrons. The number of rotatable bonds is 2. The zero-order chi connectivity index (χ0) is 16.0. The van der Waals surface area contributed by atoms with Crippen molar-refractivity contribution < 1.29 is 19.0 Å². The molecule has 0 aromatic heterocycles. The Kier molecular flexibility index (Phi) is 14.3. The van der Waals surface area contributed by atoms with Crippen molar-refractivity contribution in [3.63, 3.8) is 0 Å². The zero-order valence-corrected chi connectivity index (χ0v) is 13.7. The van der Waals surface area contributed by atoms with E-state index in [9.17, 15) is 4.79 Å². The number of esters is 1. The fourth-order valence-corrected chi connectivity index (χ4v) is 1.14. The normalized spacial score (nSPS) is 16.2. The predicted octanol–water partition coefficient (Wildman–Crippen LogP) is 2.46. The molecule has 6 nitrogen and oxygen atoms in total. The van der Waals surface area contributed by atoms with Gasteiger partial charge in [0, 0.05) is 0 Å². The van der Waals surface area contributed by atoms with Gasteiger partial charge in [-0.2, -0.15) is 0 Å². The number of hydrogen-bond acceptors (Lipinski definition) is 6. The van der Waals surface area contributed by atoms with Crippen LogP contribution in [0.4, 0.5) is 0 Å². The average Bonchev–Trinajstić information content (AvgIpc) is 2.49. The summed E-state index contributed by atoms with van der Waals surface area (Å²) in [4.78, 5) is 19.5. The molecular weight excluding hydrogens is 260 g/mol. The molecule has 0 fully saturated rings. The molecular formula is C14H28N2O4. The summed E-state index contributed by atoms with van der Waals surface area (Å²) in [7, 11) is 2.92. The molecule has 1 aliphatic heterocycles. The molecule has 0 aromatic carbocycles. The van der Waals surface area contributed by atoms with Gasteiger partial charge < -0.3 is 14.2 Å². The first-order valence-electron chi connectivity index (χ1n) is 7.00. The third-order valence-corrected chi connectivity index (χ3v) is 1.83. The topological polar surface area (TPSA) is 69.5 Å². The fraction of sp³-hybridized carbons (Fsp3) is 0.786. The lowest BCUT2D eigenvalue weighted by atomic mass is 10.3. The van der Waals surface area contributed by atoms with E-state index in [-0.39, 0.29) is 12.4 Å². The van der Waals surface area contributed by atoms with Gasteiger partial charge in [-0.1, -0.05) is 34.1 Å². The molecule has 1 aliphatic rings. The first kappa shape index (κ1) is 20.7. The van der Waals surface area contributed by atoms with E-state index in [0.717, 1.165) is 0 Å². The highest BCUT2D eigenvalue weighted by atomic mass is 16.5. The van der Waals surface area contributed by atoms with Crippen LogP contribution >= 0.6 is 0 Å². The van der Waals surface area contributed by atoms with E-state index in [4.69, 9.17) is 14.2 Å². The molecule has 118 valence electrons. The summed E-state index contributed by atoms with van der Waals surface area (Å²) in [6.45, 7) is 10.6. The maximum absolute atomic E-state index is 11.5. The molecule has 0 aliphatic carbocycles. The molecule has 1 heterocycles. The van der Waals surface area contributed by atoms with Gasteiger partial charge in [0.05, 0.1) is 20.8 Å². The summed E-state index contributed by atoms with van der Waals surface area (Å²) < 4.78 is 14.7. The second-order valence-corrected chi connectivity index (χ2v) is 3.45. The van der Waals surface area contributed by atoms with Crippen molar-refractivity contribution in [2.24, 2.45) is 9.98 Å². The van der Waals surface area contributed by atoms with Crippen LogP contribution in [-0.4, -0.2) is 51.2 Å². The van der Waals surface area contributed by atoms with E-state index in [0.29, 0.717) is 12.5 Å². The molecule has 1 atom stereocenters. The van der Waals surface area contributed by atoms with Gasteiger partial charge in [0.25, 0.3) is 0 Å². The number of nitrogens with zero attached hydrogens (tertiary/aromatic N) is 2. The van der Waals surface area contributed by atoms with Crippen LogP contribution in [0.5, 0.6) is 0 Å². The molecule has 6 heteroatoms. The van der Waals surface area contributed by atoms with Crippen LogP contribution in [0.1, 0.15) is 41.0 Å². The highest BCUT2D eigenvalue weighted by Gasteiger charge is 2.30. The molecule has 0 amide bonds. The van der Waals surface area contributed by atoms with E-state index in [1.165, 1.54) is 20.6 Å². The summed E-state index contributed by atoms with van der Waals surface area (Å²) >= 11 is 0. The van der Waals surface area contributed by atoms with Gasteiger partial charge in [-0.25, -0.2) is 14.8 Å². The SMILES string of the molecule is CC.CCC.CCOC(=O)C1N=C(OC)CN=C1OC. The second kappa shape index (κ2) is 13.8. The van der Waals surface area contributed by atoms with Gasteiger partial charge >= 0.3 is 5.97 Å². The van der Waals surface area contributed by atoms with Crippen LogP contribution in [0.3, 0.4) is 0 Å². The van der Waals surface area contributed by atoms with Crippen LogP contribution in [0, 0.1) is 0 Å². The van der Waals surface area contributed by atoms with Crippen molar-refractivity contribution >= 4 is 17.8 Å². The van der Waals surface area contributed by atoms with Crippen LogP contribution in [0.25, 0.3) is 0 Å². The molecule has 0 spiro atoms. The first-order chi connectivity index (χ1) is 9.64. The minimum Gasteiger partial charge on any atom is -0.483 e. The van der Waals surface area contributed by atoms with Crippen molar-refractivity contribution in [2.45, 2.75) is 47.1 Å². The maximum Gasteiger partial charge on any atom is 0.340 e. The van der Waals surface area contributed by atoms with E-state index in [2.05, 4.69) is 23.8 Å². The van der Waals surface area contributed by atoms with Crippen molar-refractivity contribution in [1.29, 1.82) is 0 Å². The summed E-state index contributed by atoms with van der Waals surface area (Å²) in [6.07, 6.45) is 1.25. The van der Waals surface area contributed by atoms with Gasteiger partial charge in [0.1, 0.15) is 6.54 Å². The summed E-state index contributed by atoms with van der Waals surface area (Å²) in [5.41, 5.74) is 0. The molecule has 1 unspecified atom stereocenters. The van der Waals surface area contributed by atoms with Gasteiger partial charge in [-0.3, -0.25) is 0 Å². The Morgan fingerprint density at radius 1 is 1.20 bits per heavy atom. The molecule has 0 saturated carbocycles. The third-order valence-electron chi connectivity index (χ3n) is 1.83. The minimum absolute atomic E-state index is 0.259. The lowest BCUT2D eigenvalue weighted by Gasteiger charge is -2.18. The van der Waals surface area contributed by atoms with Gasteiger partial charge in [0.2, 0.25) is 17.8 Å². The van der Waals surface area contributed by atoms with Gasteiger partial charge in [0.15, 0.2) is 0 Å². The smallest absolute Gasteiger partial charge is 0.340 e. The number of ether oxygens (including phenoxy) is 3. The van der Waals surface area contributed by atoms with Crippen LogP contribution in [0.15, 0.2) is 9.98 Å². The maximum atomic E-state index is 11.5. The lowest BCUT2D eigenvalue weighted by Crippen LogP contribution is -2.36. The van der Waals surface area contributed by atoms with E-state index >= 15 is 0 Å². The number of aliphatic imine (C=N–C) groups is 2. The molecule has 1 rings (SSSR count). The van der Waals surface area contributed by atoms with Gasteiger partial charge in [-0.15, -0.1) is 0 Å². The monoisotopic (exact) mass is 288 g/mol. The Morgan fingerprint density at radius 2 is 1.75 bits per heavy atom. The standard InChI is InChI=1S/C9H14N2O4.C3H8.C2H6/c1-4-15-9(12)7-8(14-3)10-5-6(11-7)13-2;1-3-2;1-2/h7H,4-5H2,1-3H3;3H2,1-2H3;1-2H3. The zero-order valence-electron chi connectivity index (χ0n) is 13.7. The molecule has 0 saturated heterocycles. The Balaban J connectivity index is 0.